The first-order valence-electron chi connectivity index (χ1n) is 6.68. The largest absolute Gasteiger partial charge is 0.496 e. The molecule has 110 valence electrons. The van der Waals surface area contributed by atoms with Crippen molar-refractivity contribution in [1.82, 2.24) is 10.3 Å². The molecule has 2 aromatic carbocycles. The van der Waals surface area contributed by atoms with Gasteiger partial charge < -0.3 is 9.64 Å². The molecule has 0 radical (unpaired) electrons. The highest BCUT2D eigenvalue weighted by atomic mass is 16.5. The first-order valence-corrected chi connectivity index (χ1v) is 6.68. The standard InChI is InChI=1S/C16H20N4O/c1-20(12-13-8-6-7-11-15(13)21-2)16(19-17)18-14-9-4-3-5-10-14/h3-11H,12,17H2,1-2H3,(H,18,19). The molecule has 0 fully saturated rings. The first kappa shape index (κ1) is 14.9. The second-order valence-corrected chi connectivity index (χ2v) is 4.58. The molecule has 0 heterocycles. The predicted octanol–water partition coefficient (Wildman–Crippen LogP) is 2.28. The average molecular weight is 284 g/mol. The van der Waals surface area contributed by atoms with E-state index in [1.54, 1.807) is 7.11 Å². The van der Waals surface area contributed by atoms with Crippen LogP contribution in [0.2, 0.25) is 0 Å². The van der Waals surface area contributed by atoms with E-state index in [1.165, 1.54) is 0 Å². The molecular formula is C16H20N4O. The van der Waals surface area contributed by atoms with Crippen molar-refractivity contribution in [1.29, 1.82) is 0 Å². The lowest BCUT2D eigenvalue weighted by atomic mass is 10.2. The summed E-state index contributed by atoms with van der Waals surface area (Å²) in [7, 11) is 3.59. The van der Waals surface area contributed by atoms with Gasteiger partial charge in [-0.3, -0.25) is 5.43 Å². The van der Waals surface area contributed by atoms with Crippen LogP contribution in [0.4, 0.5) is 5.69 Å². The molecule has 5 nitrogen and oxygen atoms in total. The van der Waals surface area contributed by atoms with E-state index in [4.69, 9.17) is 10.6 Å². The molecule has 2 aromatic rings. The minimum absolute atomic E-state index is 0.590. The van der Waals surface area contributed by atoms with E-state index in [-0.39, 0.29) is 0 Å². The summed E-state index contributed by atoms with van der Waals surface area (Å²) >= 11 is 0. The molecule has 0 amide bonds. The molecule has 0 aromatic heterocycles. The van der Waals surface area contributed by atoms with Gasteiger partial charge >= 0.3 is 0 Å². The van der Waals surface area contributed by atoms with Gasteiger partial charge in [-0.05, 0) is 18.2 Å². The number of hydrogen-bond donors (Lipinski definition) is 2. The summed E-state index contributed by atoms with van der Waals surface area (Å²) in [5.74, 6) is 7.03. The molecule has 0 atom stereocenters. The van der Waals surface area contributed by atoms with E-state index < -0.39 is 0 Å². The predicted molar refractivity (Wildman–Crippen MR) is 85.3 cm³/mol. The molecule has 0 saturated carbocycles. The molecule has 0 saturated heterocycles. The topological polar surface area (TPSA) is 62.9 Å². The zero-order valence-corrected chi connectivity index (χ0v) is 12.3. The van der Waals surface area contributed by atoms with E-state index >= 15 is 0 Å². The average Bonchev–Trinajstić information content (AvgIpc) is 2.54. The quantitative estimate of drug-likeness (QED) is 0.391. The third kappa shape index (κ3) is 3.97. The maximum absolute atomic E-state index is 5.59. The zero-order chi connectivity index (χ0) is 15.1. The Morgan fingerprint density at radius 2 is 1.81 bits per heavy atom. The number of nitrogens with one attached hydrogen (secondary N) is 1. The van der Waals surface area contributed by atoms with E-state index in [9.17, 15) is 0 Å². The van der Waals surface area contributed by atoms with Crippen molar-refractivity contribution in [3.8, 4) is 5.75 Å². The number of nitrogens with zero attached hydrogens (tertiary/aromatic N) is 2. The number of ether oxygens (including phenoxy) is 1. The Labute approximate surface area is 125 Å². The van der Waals surface area contributed by atoms with Crippen molar-refractivity contribution in [3.63, 3.8) is 0 Å². The van der Waals surface area contributed by atoms with Crippen molar-refractivity contribution in [3.05, 3.63) is 60.2 Å². The van der Waals surface area contributed by atoms with Crippen LogP contribution in [0.5, 0.6) is 5.75 Å². The number of para-hydroxylation sites is 2. The van der Waals surface area contributed by atoms with Gasteiger partial charge in [0.05, 0.1) is 12.8 Å². The monoisotopic (exact) mass is 284 g/mol. The molecule has 5 heteroatoms. The zero-order valence-electron chi connectivity index (χ0n) is 12.3. The number of aliphatic imine (C=N–C) groups is 1. The van der Waals surface area contributed by atoms with Gasteiger partial charge in [0.15, 0.2) is 0 Å². The number of methoxy groups -OCH3 is 1. The molecule has 0 bridgehead atoms. The fourth-order valence-corrected chi connectivity index (χ4v) is 2.02. The third-order valence-corrected chi connectivity index (χ3v) is 3.08. The molecular weight excluding hydrogens is 264 g/mol. The van der Waals surface area contributed by atoms with Crippen molar-refractivity contribution in [2.45, 2.75) is 6.54 Å². The van der Waals surface area contributed by atoms with Crippen LogP contribution in [-0.2, 0) is 6.54 Å². The van der Waals surface area contributed by atoms with Crippen LogP contribution in [0.1, 0.15) is 5.56 Å². The fourth-order valence-electron chi connectivity index (χ4n) is 2.02. The lowest BCUT2D eigenvalue weighted by molar-refractivity contribution is 0.396. The number of hydrogen-bond acceptors (Lipinski definition) is 3. The number of hydrazine groups is 1. The Bertz CT molecular complexity index is 598. The summed E-state index contributed by atoms with van der Waals surface area (Å²) in [5.41, 5.74) is 4.56. The Balaban J connectivity index is 2.17. The van der Waals surface area contributed by atoms with Crippen LogP contribution in [-0.4, -0.2) is 25.0 Å². The maximum atomic E-state index is 5.59. The van der Waals surface area contributed by atoms with Crippen molar-refractivity contribution in [2.75, 3.05) is 14.2 Å². The van der Waals surface area contributed by atoms with Crippen molar-refractivity contribution in [2.24, 2.45) is 10.8 Å². The fraction of sp³-hybridized carbons (Fsp3) is 0.188. The molecule has 2 rings (SSSR count). The summed E-state index contributed by atoms with van der Waals surface area (Å²) < 4.78 is 5.36. The highest BCUT2D eigenvalue weighted by Crippen LogP contribution is 2.19. The van der Waals surface area contributed by atoms with Crippen molar-refractivity contribution < 1.29 is 4.74 Å². The summed E-state index contributed by atoms with van der Waals surface area (Å²) in [6, 6.07) is 17.6. The number of rotatable bonds is 4. The molecule has 0 spiro atoms. The Morgan fingerprint density at radius 1 is 1.14 bits per heavy atom. The summed E-state index contributed by atoms with van der Waals surface area (Å²) in [4.78, 5) is 6.43. The number of guanidine groups is 1. The molecule has 0 aliphatic rings. The SMILES string of the molecule is COc1ccccc1CN(C)C(=Nc1ccccc1)NN. The van der Waals surface area contributed by atoms with Gasteiger partial charge in [0.1, 0.15) is 5.75 Å². The van der Waals surface area contributed by atoms with Gasteiger partial charge in [0.25, 0.3) is 0 Å². The highest BCUT2D eigenvalue weighted by Gasteiger charge is 2.09. The van der Waals surface area contributed by atoms with Gasteiger partial charge in [-0.1, -0.05) is 36.4 Å². The van der Waals surface area contributed by atoms with Crippen LogP contribution in [0.15, 0.2) is 59.6 Å². The minimum Gasteiger partial charge on any atom is -0.496 e. The van der Waals surface area contributed by atoms with Crippen LogP contribution in [0, 0.1) is 0 Å². The van der Waals surface area contributed by atoms with Gasteiger partial charge in [-0.25, -0.2) is 10.8 Å². The lowest BCUT2D eigenvalue weighted by Gasteiger charge is -2.21. The normalized spacial score (nSPS) is 11.1. The molecule has 0 unspecified atom stereocenters. The van der Waals surface area contributed by atoms with Crippen LogP contribution < -0.4 is 16.0 Å². The summed E-state index contributed by atoms with van der Waals surface area (Å²) in [6.07, 6.45) is 0. The van der Waals surface area contributed by atoms with Crippen LogP contribution in [0.3, 0.4) is 0 Å². The van der Waals surface area contributed by atoms with E-state index in [2.05, 4.69) is 10.4 Å². The minimum atomic E-state index is 0.590. The molecule has 21 heavy (non-hydrogen) atoms. The Morgan fingerprint density at radius 3 is 2.48 bits per heavy atom. The van der Waals surface area contributed by atoms with Crippen LogP contribution in [0.25, 0.3) is 0 Å². The molecule has 0 aliphatic carbocycles. The van der Waals surface area contributed by atoms with Gasteiger partial charge in [0, 0.05) is 19.2 Å². The maximum Gasteiger partial charge on any atom is 0.213 e. The van der Waals surface area contributed by atoms with Gasteiger partial charge in [-0.2, -0.15) is 0 Å². The summed E-state index contributed by atoms with van der Waals surface area (Å²) in [5, 5.41) is 0. The smallest absolute Gasteiger partial charge is 0.213 e. The second kappa shape index (κ2) is 7.31. The molecule has 0 aliphatic heterocycles. The van der Waals surface area contributed by atoms with Gasteiger partial charge in [-0.15, -0.1) is 0 Å². The van der Waals surface area contributed by atoms with Crippen molar-refractivity contribution >= 4 is 11.6 Å². The van der Waals surface area contributed by atoms with Gasteiger partial charge in [0.2, 0.25) is 5.96 Å². The second-order valence-electron chi connectivity index (χ2n) is 4.58. The number of nitrogens with two attached hydrogens (primary N) is 1. The lowest BCUT2D eigenvalue weighted by Crippen LogP contribution is -2.42. The Kier molecular flexibility index (Phi) is 5.17. The number of benzene rings is 2. The first-order chi connectivity index (χ1) is 10.2. The highest BCUT2D eigenvalue weighted by molar-refractivity contribution is 5.82. The van der Waals surface area contributed by atoms with E-state index in [0.717, 1.165) is 17.0 Å². The van der Waals surface area contributed by atoms with Crippen LogP contribution >= 0.6 is 0 Å². The van der Waals surface area contributed by atoms with E-state index in [0.29, 0.717) is 12.5 Å². The third-order valence-electron chi connectivity index (χ3n) is 3.08. The molecule has 3 N–H and O–H groups in total. The Hall–Kier alpha value is -2.53. The van der Waals surface area contributed by atoms with E-state index in [1.807, 2.05) is 66.5 Å². The summed E-state index contributed by atoms with van der Waals surface area (Å²) in [6.45, 7) is 0.639.